The zero-order valence-corrected chi connectivity index (χ0v) is 17.6. The molecule has 2 aromatic carbocycles. The zero-order valence-electron chi connectivity index (χ0n) is 17.6. The molecule has 0 spiro atoms. The van der Waals surface area contributed by atoms with Gasteiger partial charge in [-0.15, -0.1) is 0 Å². The lowest BCUT2D eigenvalue weighted by molar-refractivity contribution is -0.117. The minimum absolute atomic E-state index is 0.0299. The maximum atomic E-state index is 12.8. The average molecular weight is 431 g/mol. The van der Waals surface area contributed by atoms with Crippen LogP contribution in [0.5, 0.6) is 11.5 Å². The Kier molecular flexibility index (Phi) is 5.06. The lowest BCUT2D eigenvalue weighted by atomic mass is 10.1. The number of rotatable bonds is 6. The Morgan fingerprint density at radius 1 is 1.09 bits per heavy atom. The number of H-pyrrole nitrogens is 1. The highest BCUT2D eigenvalue weighted by molar-refractivity contribution is 5.97. The molecule has 1 fully saturated rings. The maximum Gasteiger partial charge on any atom is 0.275 e. The van der Waals surface area contributed by atoms with E-state index < -0.39 is 0 Å². The molecule has 0 saturated carbocycles. The summed E-state index contributed by atoms with van der Waals surface area (Å²) in [6.45, 7) is 0.429. The van der Waals surface area contributed by atoms with Crippen molar-refractivity contribution < 1.29 is 18.8 Å². The monoisotopic (exact) mass is 431 g/mol. The van der Waals surface area contributed by atoms with Crippen LogP contribution < -0.4 is 14.4 Å². The number of benzene rings is 2. The molecule has 0 aliphatic carbocycles. The second kappa shape index (κ2) is 8.18. The summed E-state index contributed by atoms with van der Waals surface area (Å²) in [6.07, 6.45) is 0.284. The number of hydrogen-bond acceptors (Lipinski definition) is 7. The third-order valence-corrected chi connectivity index (χ3v) is 5.49. The number of anilines is 1. The number of nitrogens with one attached hydrogen (secondary N) is 1. The van der Waals surface area contributed by atoms with E-state index in [1.807, 2.05) is 42.5 Å². The smallest absolute Gasteiger partial charge is 0.275 e. The topological polar surface area (TPSA) is 106 Å². The van der Waals surface area contributed by atoms with Crippen LogP contribution in [0.4, 0.5) is 5.69 Å². The van der Waals surface area contributed by atoms with Gasteiger partial charge in [0.15, 0.2) is 5.82 Å². The summed E-state index contributed by atoms with van der Waals surface area (Å²) in [7, 11) is 3.15. The molecule has 1 unspecified atom stereocenters. The van der Waals surface area contributed by atoms with Crippen LogP contribution in [0, 0.1) is 0 Å². The Labute approximate surface area is 184 Å². The second-order valence-electron chi connectivity index (χ2n) is 7.43. The highest BCUT2D eigenvalue weighted by Gasteiger charge is 2.36. The van der Waals surface area contributed by atoms with Gasteiger partial charge in [0.2, 0.25) is 5.91 Å². The lowest BCUT2D eigenvalue weighted by Gasteiger charge is -2.19. The van der Waals surface area contributed by atoms with Gasteiger partial charge < -0.3 is 18.9 Å². The summed E-state index contributed by atoms with van der Waals surface area (Å²) in [5, 5.41) is 11.4. The van der Waals surface area contributed by atoms with Crippen LogP contribution in [0.2, 0.25) is 0 Å². The Balaban J connectivity index is 1.36. The molecular formula is C23H21N5O4. The largest absolute Gasteiger partial charge is 0.497 e. The Bertz CT molecular complexity index is 1250. The number of carbonyl (C=O) groups is 1. The van der Waals surface area contributed by atoms with Gasteiger partial charge in [0.1, 0.15) is 17.2 Å². The first kappa shape index (κ1) is 19.8. The number of aromatic amines is 1. The minimum atomic E-state index is -0.191. The van der Waals surface area contributed by atoms with Crippen molar-refractivity contribution in [3.8, 4) is 34.3 Å². The molecule has 0 radical (unpaired) electrons. The molecule has 1 N–H and O–H groups in total. The van der Waals surface area contributed by atoms with E-state index in [1.165, 1.54) is 0 Å². The van der Waals surface area contributed by atoms with Crippen molar-refractivity contribution >= 4 is 11.6 Å². The fourth-order valence-electron chi connectivity index (χ4n) is 3.82. The van der Waals surface area contributed by atoms with E-state index in [0.29, 0.717) is 41.1 Å². The fourth-order valence-corrected chi connectivity index (χ4v) is 3.82. The van der Waals surface area contributed by atoms with Gasteiger partial charge in [-0.1, -0.05) is 35.5 Å². The summed E-state index contributed by atoms with van der Waals surface area (Å²) in [5.41, 5.74) is 3.08. The summed E-state index contributed by atoms with van der Waals surface area (Å²) >= 11 is 0. The van der Waals surface area contributed by atoms with Crippen molar-refractivity contribution in [2.45, 2.75) is 12.3 Å². The normalized spacial score (nSPS) is 15.9. The number of hydrogen-bond donors (Lipinski definition) is 1. The number of aromatic nitrogens is 4. The first-order chi connectivity index (χ1) is 15.7. The van der Waals surface area contributed by atoms with Gasteiger partial charge in [-0.3, -0.25) is 9.89 Å². The lowest BCUT2D eigenvalue weighted by Crippen LogP contribution is -2.24. The quantitative estimate of drug-likeness (QED) is 0.496. The number of methoxy groups -OCH3 is 2. The molecule has 0 bridgehead atoms. The van der Waals surface area contributed by atoms with E-state index in [9.17, 15) is 4.79 Å². The molecule has 32 heavy (non-hydrogen) atoms. The molecule has 9 heteroatoms. The molecule has 5 rings (SSSR count). The molecule has 1 saturated heterocycles. The van der Waals surface area contributed by atoms with Crippen LogP contribution in [-0.4, -0.2) is 47.0 Å². The molecule has 162 valence electrons. The molecule has 9 nitrogen and oxygen atoms in total. The SMILES string of the molecule is COc1ccc(N2CC(c3noc(-c4cc(-c5ccccc5)n[nH]4)n3)CC2=O)c(OC)c1. The third-order valence-electron chi connectivity index (χ3n) is 5.49. The summed E-state index contributed by atoms with van der Waals surface area (Å²) in [6, 6.07) is 17.0. The van der Waals surface area contributed by atoms with Crippen molar-refractivity contribution in [2.24, 2.45) is 0 Å². The summed E-state index contributed by atoms with van der Waals surface area (Å²) in [4.78, 5) is 19.0. The van der Waals surface area contributed by atoms with Gasteiger partial charge in [-0.2, -0.15) is 10.1 Å². The van der Waals surface area contributed by atoms with E-state index in [1.54, 1.807) is 31.3 Å². The Morgan fingerprint density at radius 2 is 1.94 bits per heavy atom. The van der Waals surface area contributed by atoms with E-state index in [-0.39, 0.29) is 18.2 Å². The molecule has 1 aliphatic heterocycles. The van der Waals surface area contributed by atoms with E-state index in [4.69, 9.17) is 14.0 Å². The molecule has 3 heterocycles. The number of ether oxygens (including phenoxy) is 2. The van der Waals surface area contributed by atoms with Crippen molar-refractivity contribution in [2.75, 3.05) is 25.7 Å². The van der Waals surface area contributed by atoms with Gasteiger partial charge in [0.05, 0.1) is 25.6 Å². The van der Waals surface area contributed by atoms with Gasteiger partial charge in [0.25, 0.3) is 5.89 Å². The predicted molar refractivity (Wildman–Crippen MR) is 117 cm³/mol. The van der Waals surface area contributed by atoms with Gasteiger partial charge in [-0.05, 0) is 18.2 Å². The van der Waals surface area contributed by atoms with Gasteiger partial charge in [-0.25, -0.2) is 0 Å². The average Bonchev–Trinajstić information content (AvgIpc) is 3.58. The fraction of sp³-hybridized carbons (Fsp3) is 0.217. The highest BCUT2D eigenvalue weighted by atomic mass is 16.5. The first-order valence-electron chi connectivity index (χ1n) is 10.1. The van der Waals surface area contributed by atoms with Crippen molar-refractivity contribution in [1.29, 1.82) is 0 Å². The minimum Gasteiger partial charge on any atom is -0.497 e. The summed E-state index contributed by atoms with van der Waals surface area (Å²) in [5.74, 6) is 1.83. The van der Waals surface area contributed by atoms with Gasteiger partial charge >= 0.3 is 0 Å². The van der Waals surface area contributed by atoms with Crippen LogP contribution in [0.3, 0.4) is 0 Å². The molecule has 1 aliphatic rings. The Hall–Kier alpha value is -4.14. The number of amides is 1. The standard InChI is InChI=1S/C23H21N5O4/c1-30-16-8-9-19(20(11-16)31-2)28-13-15(10-21(28)29)22-24-23(32-27-22)18-12-17(25-26-18)14-6-4-3-5-7-14/h3-9,11-12,15H,10,13H2,1-2H3,(H,25,26). The zero-order chi connectivity index (χ0) is 22.1. The molecular weight excluding hydrogens is 410 g/mol. The van der Waals surface area contributed by atoms with Crippen molar-refractivity contribution in [3.05, 3.63) is 60.4 Å². The van der Waals surface area contributed by atoms with Gasteiger partial charge in [0, 0.05) is 30.5 Å². The van der Waals surface area contributed by atoms with Crippen LogP contribution in [0.15, 0.2) is 59.1 Å². The maximum absolute atomic E-state index is 12.8. The van der Waals surface area contributed by atoms with Crippen LogP contribution in [-0.2, 0) is 4.79 Å². The number of nitrogens with zero attached hydrogens (tertiary/aromatic N) is 4. The van der Waals surface area contributed by atoms with E-state index >= 15 is 0 Å². The van der Waals surface area contributed by atoms with E-state index in [2.05, 4.69) is 20.3 Å². The Morgan fingerprint density at radius 3 is 2.72 bits per heavy atom. The van der Waals surface area contributed by atoms with Crippen molar-refractivity contribution in [3.63, 3.8) is 0 Å². The van der Waals surface area contributed by atoms with E-state index in [0.717, 1.165) is 11.3 Å². The first-order valence-corrected chi connectivity index (χ1v) is 10.1. The summed E-state index contributed by atoms with van der Waals surface area (Å²) < 4.78 is 16.2. The number of carbonyl (C=O) groups excluding carboxylic acids is 1. The van der Waals surface area contributed by atoms with Crippen molar-refractivity contribution in [1.82, 2.24) is 20.3 Å². The molecule has 1 atom stereocenters. The molecule has 4 aromatic rings. The van der Waals surface area contributed by atoms with Crippen LogP contribution in [0.25, 0.3) is 22.8 Å². The second-order valence-corrected chi connectivity index (χ2v) is 7.43. The molecule has 2 aromatic heterocycles. The predicted octanol–water partition coefficient (Wildman–Crippen LogP) is 3.66. The van der Waals surface area contributed by atoms with Crippen LogP contribution >= 0.6 is 0 Å². The van der Waals surface area contributed by atoms with Crippen LogP contribution in [0.1, 0.15) is 18.2 Å². The highest BCUT2D eigenvalue weighted by Crippen LogP contribution is 2.38. The third kappa shape index (κ3) is 3.58. The molecule has 1 amide bonds.